The first kappa shape index (κ1) is 16.1. The van der Waals surface area contributed by atoms with Gasteiger partial charge in [-0.1, -0.05) is 0 Å². The third-order valence-electron chi connectivity index (χ3n) is 2.55. The molecule has 0 aliphatic heterocycles. The third kappa shape index (κ3) is 3.68. The van der Waals surface area contributed by atoms with E-state index in [9.17, 15) is 26.3 Å². The smallest absolute Gasteiger partial charge is 0.240 e. The van der Waals surface area contributed by atoms with E-state index < -0.39 is 23.5 Å². The summed E-state index contributed by atoms with van der Waals surface area (Å²) in [6, 6.07) is 1.36. The summed E-state index contributed by atoms with van der Waals surface area (Å²) in [4.78, 5) is 3.90. The summed E-state index contributed by atoms with van der Waals surface area (Å²) in [5.74, 6) is 0.0375. The molecule has 0 aliphatic carbocycles. The molecule has 0 radical (unpaired) electrons. The van der Waals surface area contributed by atoms with Gasteiger partial charge in [-0.2, -0.15) is 26.3 Å². The zero-order valence-corrected chi connectivity index (χ0v) is 11.6. The van der Waals surface area contributed by atoms with Gasteiger partial charge >= 0.3 is 12.4 Å². The van der Waals surface area contributed by atoms with Gasteiger partial charge in [-0.3, -0.25) is 0 Å². The monoisotopic (exact) mass is 345 g/mol. The predicted molar refractivity (Wildman–Crippen MR) is 67.1 cm³/mol. The van der Waals surface area contributed by atoms with Crippen LogP contribution in [0.15, 0.2) is 23.6 Å². The van der Waals surface area contributed by atoms with Crippen molar-refractivity contribution in [3.8, 4) is 11.3 Å². The van der Waals surface area contributed by atoms with Crippen molar-refractivity contribution in [2.24, 2.45) is 0 Å². The van der Waals surface area contributed by atoms with Crippen LogP contribution in [-0.2, 0) is 18.2 Å². The zero-order valence-electron chi connectivity index (χ0n) is 10.0. The topological polar surface area (TPSA) is 12.9 Å². The van der Waals surface area contributed by atoms with Crippen LogP contribution in [0.2, 0.25) is 0 Å². The quantitative estimate of drug-likeness (QED) is 0.511. The van der Waals surface area contributed by atoms with Crippen LogP contribution in [-0.4, -0.2) is 4.98 Å². The minimum Gasteiger partial charge on any atom is -0.240 e. The average Bonchev–Trinajstić information content (AvgIpc) is 2.85. The van der Waals surface area contributed by atoms with Crippen molar-refractivity contribution in [2.75, 3.05) is 0 Å². The Morgan fingerprint density at radius 1 is 0.952 bits per heavy atom. The van der Waals surface area contributed by atoms with Crippen molar-refractivity contribution in [1.82, 2.24) is 4.98 Å². The Labute approximate surface area is 124 Å². The fraction of sp³-hybridized carbons (Fsp3) is 0.250. The molecule has 0 atom stereocenters. The summed E-state index contributed by atoms with van der Waals surface area (Å²) >= 11 is 6.59. The molecule has 2 rings (SSSR count). The number of alkyl halides is 7. The Morgan fingerprint density at radius 3 is 1.86 bits per heavy atom. The van der Waals surface area contributed by atoms with Gasteiger partial charge in [-0.25, -0.2) is 4.98 Å². The van der Waals surface area contributed by atoms with Gasteiger partial charge in [0.15, 0.2) is 0 Å². The van der Waals surface area contributed by atoms with Crippen LogP contribution in [0.1, 0.15) is 16.1 Å². The SMILES string of the molecule is FC(F)(F)c1cc(-c2csc(CCl)n2)cc(C(F)(F)F)c1. The second-order valence-corrected chi connectivity index (χ2v) is 5.26. The number of aromatic nitrogens is 1. The number of rotatable bonds is 2. The highest BCUT2D eigenvalue weighted by molar-refractivity contribution is 7.10. The first-order valence-electron chi connectivity index (χ1n) is 5.41. The standard InChI is InChI=1S/C12H6ClF6NS/c13-4-10-20-9(5-21-10)6-1-7(11(14,15)16)3-8(2-6)12(17,18)19/h1-3,5H,4H2. The van der Waals surface area contributed by atoms with Gasteiger partial charge in [0.05, 0.1) is 22.7 Å². The van der Waals surface area contributed by atoms with E-state index >= 15 is 0 Å². The maximum absolute atomic E-state index is 12.7. The van der Waals surface area contributed by atoms with E-state index in [0.29, 0.717) is 17.1 Å². The zero-order chi connectivity index (χ0) is 15.8. The Morgan fingerprint density at radius 2 is 1.48 bits per heavy atom. The third-order valence-corrected chi connectivity index (χ3v) is 3.81. The molecule has 0 unspecified atom stereocenters. The van der Waals surface area contributed by atoms with Crippen molar-refractivity contribution in [2.45, 2.75) is 18.2 Å². The molecule has 0 saturated heterocycles. The number of hydrogen-bond donors (Lipinski definition) is 0. The van der Waals surface area contributed by atoms with Crippen LogP contribution in [0.5, 0.6) is 0 Å². The van der Waals surface area contributed by atoms with Crippen molar-refractivity contribution in [3.63, 3.8) is 0 Å². The molecule has 0 N–H and O–H groups in total. The lowest BCUT2D eigenvalue weighted by Crippen LogP contribution is -2.11. The van der Waals surface area contributed by atoms with Gasteiger partial charge in [0.2, 0.25) is 0 Å². The Hall–Kier alpha value is -1.28. The molecule has 21 heavy (non-hydrogen) atoms. The molecular formula is C12H6ClF6NS. The highest BCUT2D eigenvalue weighted by Crippen LogP contribution is 2.38. The highest BCUT2D eigenvalue weighted by atomic mass is 35.5. The molecule has 0 spiro atoms. The molecule has 0 fully saturated rings. The summed E-state index contributed by atoms with van der Waals surface area (Å²) in [7, 11) is 0. The maximum Gasteiger partial charge on any atom is 0.416 e. The van der Waals surface area contributed by atoms with Gasteiger partial charge < -0.3 is 0 Å². The fourth-order valence-electron chi connectivity index (χ4n) is 1.61. The van der Waals surface area contributed by atoms with Crippen LogP contribution in [0.25, 0.3) is 11.3 Å². The van der Waals surface area contributed by atoms with Gasteiger partial charge in [-0.05, 0) is 18.2 Å². The number of hydrogen-bond acceptors (Lipinski definition) is 2. The summed E-state index contributed by atoms with van der Waals surface area (Å²) < 4.78 is 76.3. The summed E-state index contributed by atoms with van der Waals surface area (Å²) in [5, 5.41) is 1.78. The van der Waals surface area contributed by atoms with Crippen molar-refractivity contribution >= 4 is 22.9 Å². The second kappa shape index (κ2) is 5.49. The van der Waals surface area contributed by atoms with Gasteiger partial charge in [0.25, 0.3) is 0 Å². The van der Waals surface area contributed by atoms with E-state index in [-0.39, 0.29) is 23.2 Å². The minimum absolute atomic E-state index is 0.0345. The van der Waals surface area contributed by atoms with E-state index in [4.69, 9.17) is 11.6 Å². The number of benzene rings is 1. The molecule has 1 nitrogen and oxygen atoms in total. The number of halogens is 7. The van der Waals surface area contributed by atoms with E-state index in [1.54, 1.807) is 0 Å². The molecule has 1 heterocycles. The van der Waals surface area contributed by atoms with Crippen LogP contribution < -0.4 is 0 Å². The predicted octanol–water partition coefficient (Wildman–Crippen LogP) is 5.59. The number of nitrogens with zero attached hydrogens (tertiary/aromatic N) is 1. The van der Waals surface area contributed by atoms with E-state index in [2.05, 4.69) is 4.98 Å². The van der Waals surface area contributed by atoms with Crippen molar-refractivity contribution in [1.29, 1.82) is 0 Å². The fourth-order valence-corrected chi connectivity index (χ4v) is 2.51. The Balaban J connectivity index is 2.60. The molecule has 0 saturated carbocycles. The molecule has 0 aliphatic rings. The lowest BCUT2D eigenvalue weighted by Gasteiger charge is -2.13. The largest absolute Gasteiger partial charge is 0.416 e. The van der Waals surface area contributed by atoms with Gasteiger partial charge in [-0.15, -0.1) is 22.9 Å². The van der Waals surface area contributed by atoms with Crippen LogP contribution >= 0.6 is 22.9 Å². The summed E-state index contributed by atoms with van der Waals surface area (Å²) in [5.41, 5.74) is -2.95. The highest BCUT2D eigenvalue weighted by Gasteiger charge is 2.37. The van der Waals surface area contributed by atoms with Gasteiger partial charge in [0.1, 0.15) is 5.01 Å². The van der Waals surface area contributed by atoms with Crippen molar-refractivity contribution in [3.05, 3.63) is 39.7 Å². The molecule has 0 amide bonds. The molecule has 114 valence electrons. The van der Waals surface area contributed by atoms with Gasteiger partial charge in [0, 0.05) is 10.9 Å². The molecule has 1 aromatic carbocycles. The van der Waals surface area contributed by atoms with Crippen LogP contribution in [0.3, 0.4) is 0 Å². The Kier molecular flexibility index (Phi) is 4.21. The molecule has 0 bridgehead atoms. The van der Waals surface area contributed by atoms with Crippen molar-refractivity contribution < 1.29 is 26.3 Å². The first-order valence-corrected chi connectivity index (χ1v) is 6.83. The lowest BCUT2D eigenvalue weighted by molar-refractivity contribution is -0.143. The maximum atomic E-state index is 12.7. The van der Waals surface area contributed by atoms with Crippen LogP contribution in [0, 0.1) is 0 Å². The second-order valence-electron chi connectivity index (χ2n) is 4.05. The van der Waals surface area contributed by atoms with E-state index in [1.165, 1.54) is 5.38 Å². The number of thiazole rings is 1. The molecule has 1 aromatic heterocycles. The van der Waals surface area contributed by atoms with Crippen LogP contribution in [0.4, 0.5) is 26.3 Å². The Bertz CT molecular complexity index is 614. The summed E-state index contributed by atoms with van der Waals surface area (Å²) in [6.07, 6.45) is -9.75. The average molecular weight is 346 g/mol. The minimum atomic E-state index is -4.87. The lowest BCUT2D eigenvalue weighted by atomic mass is 10.0. The molecule has 2 aromatic rings. The van der Waals surface area contributed by atoms with E-state index in [0.717, 1.165) is 11.3 Å². The molecule has 9 heteroatoms. The summed E-state index contributed by atoms with van der Waals surface area (Å²) in [6.45, 7) is 0. The molecular weight excluding hydrogens is 340 g/mol. The normalized spacial score (nSPS) is 12.7. The first-order chi connectivity index (χ1) is 9.61. The van der Waals surface area contributed by atoms with E-state index in [1.807, 2.05) is 0 Å².